The van der Waals surface area contributed by atoms with Gasteiger partial charge in [0.1, 0.15) is 0 Å². The third-order valence-corrected chi connectivity index (χ3v) is 4.92. The van der Waals surface area contributed by atoms with E-state index in [1.165, 1.54) is 37.4 Å². The summed E-state index contributed by atoms with van der Waals surface area (Å²) >= 11 is 1.17. The minimum atomic E-state index is -0.857. The summed E-state index contributed by atoms with van der Waals surface area (Å²) in [6.45, 7) is 3.09. The van der Waals surface area contributed by atoms with Gasteiger partial charge in [0.25, 0.3) is 0 Å². The van der Waals surface area contributed by atoms with Gasteiger partial charge in [0, 0.05) is 6.54 Å². The molecule has 1 aromatic rings. The van der Waals surface area contributed by atoms with E-state index in [9.17, 15) is 4.79 Å². The van der Waals surface area contributed by atoms with Crippen LogP contribution < -0.4 is 5.73 Å². The average Bonchev–Trinajstić information content (AvgIpc) is 2.76. The Morgan fingerprint density at radius 3 is 2.75 bits per heavy atom. The number of carbonyl (C=O) groups is 1. The van der Waals surface area contributed by atoms with Crippen molar-refractivity contribution in [3.05, 3.63) is 0 Å². The highest BCUT2D eigenvalue weighted by molar-refractivity contribution is 7.99. The van der Waals surface area contributed by atoms with Gasteiger partial charge in [-0.2, -0.15) is 0 Å². The molecule has 0 spiro atoms. The van der Waals surface area contributed by atoms with Crippen LogP contribution in [0.2, 0.25) is 0 Å². The van der Waals surface area contributed by atoms with Gasteiger partial charge in [-0.1, -0.05) is 44.4 Å². The number of aromatic nitrogens is 3. The van der Waals surface area contributed by atoms with Crippen molar-refractivity contribution in [3.63, 3.8) is 0 Å². The van der Waals surface area contributed by atoms with Crippen molar-refractivity contribution in [3.8, 4) is 0 Å². The highest BCUT2D eigenvalue weighted by Crippen LogP contribution is 2.31. The molecule has 0 aliphatic heterocycles. The first-order valence-electron chi connectivity index (χ1n) is 7.09. The number of carboxylic acid groups (broad SMARTS) is 1. The molecule has 3 N–H and O–H groups in total. The predicted octanol–water partition coefficient (Wildman–Crippen LogP) is 2.25. The largest absolute Gasteiger partial charge is 0.481 e. The smallest absolute Gasteiger partial charge is 0.313 e. The van der Waals surface area contributed by atoms with E-state index < -0.39 is 5.97 Å². The number of nitrogen functional groups attached to an aromatic ring is 1. The Balaban J connectivity index is 1.88. The molecule has 1 heterocycles. The number of thioether (sulfide) groups is 1. The fourth-order valence-corrected chi connectivity index (χ4v) is 3.36. The molecule has 0 saturated heterocycles. The Bertz CT molecular complexity index is 455. The molecule has 1 aliphatic carbocycles. The molecule has 0 atom stereocenters. The molecule has 2 rings (SSSR count). The van der Waals surface area contributed by atoms with E-state index in [2.05, 4.69) is 17.1 Å². The molecule has 0 unspecified atom stereocenters. The van der Waals surface area contributed by atoms with Crippen LogP contribution in [0.1, 0.15) is 39.0 Å². The van der Waals surface area contributed by atoms with E-state index in [0.29, 0.717) is 11.1 Å². The lowest BCUT2D eigenvalue weighted by atomic mass is 9.81. The molecule has 112 valence electrons. The summed E-state index contributed by atoms with van der Waals surface area (Å²) in [5, 5.41) is 17.1. The highest BCUT2D eigenvalue weighted by atomic mass is 32.2. The van der Waals surface area contributed by atoms with Crippen LogP contribution >= 0.6 is 11.8 Å². The van der Waals surface area contributed by atoms with Crippen molar-refractivity contribution in [1.82, 2.24) is 14.8 Å². The quantitative estimate of drug-likeness (QED) is 0.782. The van der Waals surface area contributed by atoms with Crippen LogP contribution in [-0.4, -0.2) is 31.6 Å². The zero-order valence-electron chi connectivity index (χ0n) is 11.8. The van der Waals surface area contributed by atoms with Gasteiger partial charge in [-0.05, 0) is 18.3 Å². The average molecular weight is 298 g/mol. The van der Waals surface area contributed by atoms with Crippen LogP contribution in [0.5, 0.6) is 0 Å². The van der Waals surface area contributed by atoms with Crippen LogP contribution in [0.25, 0.3) is 0 Å². The molecule has 7 heteroatoms. The van der Waals surface area contributed by atoms with Gasteiger partial charge in [-0.25, -0.2) is 0 Å². The predicted molar refractivity (Wildman–Crippen MR) is 78.5 cm³/mol. The standard InChI is InChI=1S/C13H22N4O2S/c1-9-2-4-10(5-3-9)6-7-17-12(14)15-16-13(17)20-8-11(18)19/h9-10H,2-8H2,1H3,(H2,14,15)(H,18,19). The van der Waals surface area contributed by atoms with Gasteiger partial charge in [-0.15, -0.1) is 10.2 Å². The van der Waals surface area contributed by atoms with Crippen molar-refractivity contribution in [2.24, 2.45) is 11.8 Å². The highest BCUT2D eigenvalue weighted by Gasteiger charge is 2.19. The van der Waals surface area contributed by atoms with E-state index >= 15 is 0 Å². The van der Waals surface area contributed by atoms with Crippen molar-refractivity contribution in [2.45, 2.75) is 50.7 Å². The normalized spacial score (nSPS) is 22.9. The first-order chi connectivity index (χ1) is 9.56. The third kappa shape index (κ3) is 4.13. The van der Waals surface area contributed by atoms with Gasteiger partial charge >= 0.3 is 5.97 Å². The minimum Gasteiger partial charge on any atom is -0.481 e. The molecule has 20 heavy (non-hydrogen) atoms. The molecule has 0 amide bonds. The van der Waals surface area contributed by atoms with E-state index in [4.69, 9.17) is 10.8 Å². The van der Waals surface area contributed by atoms with E-state index in [1.807, 2.05) is 4.57 Å². The number of rotatable bonds is 6. The summed E-state index contributed by atoms with van der Waals surface area (Å²) in [7, 11) is 0. The number of hydrogen-bond acceptors (Lipinski definition) is 5. The molecule has 1 fully saturated rings. The van der Waals surface area contributed by atoms with Crippen molar-refractivity contribution >= 4 is 23.7 Å². The SMILES string of the molecule is CC1CCC(CCn2c(N)nnc2SCC(=O)O)CC1. The number of anilines is 1. The zero-order chi connectivity index (χ0) is 14.5. The number of nitrogens with two attached hydrogens (primary N) is 1. The fraction of sp³-hybridized carbons (Fsp3) is 0.769. The van der Waals surface area contributed by atoms with Crippen LogP contribution in [0.4, 0.5) is 5.95 Å². The second kappa shape index (κ2) is 6.97. The summed E-state index contributed by atoms with van der Waals surface area (Å²) < 4.78 is 1.84. The molecule has 1 aromatic heterocycles. The van der Waals surface area contributed by atoms with Crippen molar-refractivity contribution in [2.75, 3.05) is 11.5 Å². The third-order valence-electron chi connectivity index (χ3n) is 3.97. The lowest BCUT2D eigenvalue weighted by Crippen LogP contribution is -2.15. The first-order valence-corrected chi connectivity index (χ1v) is 8.08. The Morgan fingerprint density at radius 2 is 2.10 bits per heavy atom. The van der Waals surface area contributed by atoms with Crippen LogP contribution in [-0.2, 0) is 11.3 Å². The molecule has 1 aliphatic rings. The van der Waals surface area contributed by atoms with Gasteiger partial charge in [-0.3, -0.25) is 9.36 Å². The maximum atomic E-state index is 10.6. The fourth-order valence-electron chi connectivity index (χ4n) is 2.67. The van der Waals surface area contributed by atoms with Crippen LogP contribution in [0.15, 0.2) is 5.16 Å². The molecule has 6 nitrogen and oxygen atoms in total. The van der Waals surface area contributed by atoms with Crippen molar-refractivity contribution < 1.29 is 9.90 Å². The number of carboxylic acids is 1. The molecule has 1 saturated carbocycles. The Kier molecular flexibility index (Phi) is 5.28. The summed E-state index contributed by atoms with van der Waals surface area (Å²) in [4.78, 5) is 10.6. The molecule has 0 aromatic carbocycles. The molecular formula is C13H22N4O2S. The van der Waals surface area contributed by atoms with Crippen molar-refractivity contribution in [1.29, 1.82) is 0 Å². The topological polar surface area (TPSA) is 94.0 Å². The lowest BCUT2D eigenvalue weighted by molar-refractivity contribution is -0.133. The Labute approximate surface area is 123 Å². The van der Waals surface area contributed by atoms with E-state index in [0.717, 1.165) is 24.8 Å². The van der Waals surface area contributed by atoms with Crippen LogP contribution in [0, 0.1) is 11.8 Å². The summed E-state index contributed by atoms with van der Waals surface area (Å²) in [5.74, 6) is 1.10. The molecule has 0 radical (unpaired) electrons. The van der Waals surface area contributed by atoms with Gasteiger partial charge in [0.05, 0.1) is 5.75 Å². The van der Waals surface area contributed by atoms with Gasteiger partial charge in [0.15, 0.2) is 5.16 Å². The Morgan fingerprint density at radius 1 is 1.40 bits per heavy atom. The number of hydrogen-bond donors (Lipinski definition) is 2. The lowest BCUT2D eigenvalue weighted by Gasteiger charge is -2.26. The summed E-state index contributed by atoms with van der Waals surface area (Å²) in [6.07, 6.45) is 6.24. The minimum absolute atomic E-state index is 0.0148. The Hall–Kier alpha value is -1.24. The van der Waals surface area contributed by atoms with Crippen LogP contribution in [0.3, 0.4) is 0 Å². The van der Waals surface area contributed by atoms with E-state index in [-0.39, 0.29) is 5.75 Å². The van der Waals surface area contributed by atoms with Gasteiger partial charge in [0.2, 0.25) is 5.95 Å². The van der Waals surface area contributed by atoms with Gasteiger partial charge < -0.3 is 10.8 Å². The zero-order valence-corrected chi connectivity index (χ0v) is 12.6. The summed E-state index contributed by atoms with van der Waals surface area (Å²) in [5.41, 5.74) is 5.81. The maximum Gasteiger partial charge on any atom is 0.313 e. The second-order valence-corrected chi connectivity index (χ2v) is 6.53. The number of nitrogens with zero attached hydrogens (tertiary/aromatic N) is 3. The molecular weight excluding hydrogens is 276 g/mol. The van der Waals surface area contributed by atoms with E-state index in [1.54, 1.807) is 0 Å². The maximum absolute atomic E-state index is 10.6. The molecule has 0 bridgehead atoms. The number of aliphatic carboxylic acids is 1. The first kappa shape index (κ1) is 15.2. The second-order valence-electron chi connectivity index (χ2n) is 5.59. The monoisotopic (exact) mass is 298 g/mol. The summed E-state index contributed by atoms with van der Waals surface area (Å²) in [6, 6.07) is 0.